The summed E-state index contributed by atoms with van der Waals surface area (Å²) in [6, 6.07) is 11.1. The molecular weight excluding hydrogens is 396 g/mol. The predicted octanol–water partition coefficient (Wildman–Crippen LogP) is 5.86. The molecule has 1 saturated carbocycles. The minimum absolute atomic E-state index is 0.0586. The number of anilines is 1. The van der Waals surface area contributed by atoms with Crippen molar-refractivity contribution in [2.24, 2.45) is 0 Å². The molecule has 4 rings (SSSR count). The lowest BCUT2D eigenvalue weighted by molar-refractivity contribution is 0.0214. The lowest BCUT2D eigenvalue weighted by atomic mass is 9.97. The van der Waals surface area contributed by atoms with Crippen LogP contribution in [-0.2, 0) is 4.74 Å². The van der Waals surface area contributed by atoms with Gasteiger partial charge in [0.05, 0.1) is 0 Å². The van der Waals surface area contributed by atoms with E-state index < -0.39 is 0 Å². The second-order valence-electron chi connectivity index (χ2n) is 7.58. The molecule has 0 spiro atoms. The van der Waals surface area contributed by atoms with Crippen molar-refractivity contribution in [3.05, 3.63) is 70.9 Å². The van der Waals surface area contributed by atoms with Crippen molar-refractivity contribution in [3.63, 3.8) is 0 Å². The highest BCUT2D eigenvalue weighted by Crippen LogP contribution is 2.37. The molecule has 1 aliphatic carbocycles. The van der Waals surface area contributed by atoms with Gasteiger partial charge in [0.15, 0.2) is 0 Å². The van der Waals surface area contributed by atoms with Crippen molar-refractivity contribution in [3.8, 4) is 11.1 Å². The third kappa shape index (κ3) is 4.60. The first kappa shape index (κ1) is 20.3. The Balaban J connectivity index is 1.65. The lowest BCUT2D eigenvalue weighted by Crippen LogP contribution is -2.22. The SMILES string of the molecule is Cc1cccc(C(=O)Nc2scc(-c3ccncc3)c2C(=O)OC2CCCCC2)c1. The molecule has 154 valence electrons. The Labute approximate surface area is 180 Å². The fourth-order valence-electron chi connectivity index (χ4n) is 3.75. The molecule has 1 N–H and O–H groups in total. The van der Waals surface area contributed by atoms with E-state index in [9.17, 15) is 9.59 Å². The number of carbonyl (C=O) groups is 2. The Bertz CT molecular complexity index is 1040. The third-order valence-electron chi connectivity index (χ3n) is 5.32. The van der Waals surface area contributed by atoms with Crippen LogP contribution >= 0.6 is 11.3 Å². The maximum atomic E-state index is 13.2. The van der Waals surface area contributed by atoms with E-state index >= 15 is 0 Å². The summed E-state index contributed by atoms with van der Waals surface area (Å²) in [5, 5.41) is 5.32. The minimum Gasteiger partial charge on any atom is -0.459 e. The van der Waals surface area contributed by atoms with Crippen LogP contribution < -0.4 is 5.32 Å². The minimum atomic E-state index is -0.380. The maximum absolute atomic E-state index is 13.2. The zero-order chi connectivity index (χ0) is 20.9. The number of carbonyl (C=O) groups excluding carboxylic acids is 2. The van der Waals surface area contributed by atoms with Gasteiger partial charge < -0.3 is 10.1 Å². The van der Waals surface area contributed by atoms with Crippen molar-refractivity contribution in [1.29, 1.82) is 0 Å². The molecule has 1 aromatic carbocycles. The van der Waals surface area contributed by atoms with Gasteiger partial charge in [0.25, 0.3) is 5.91 Å². The summed E-state index contributed by atoms with van der Waals surface area (Å²) in [5.41, 5.74) is 3.59. The van der Waals surface area contributed by atoms with Gasteiger partial charge in [-0.1, -0.05) is 24.1 Å². The summed E-state index contributed by atoms with van der Waals surface area (Å²) >= 11 is 1.34. The number of aromatic nitrogens is 1. The molecule has 30 heavy (non-hydrogen) atoms. The molecule has 2 aromatic heterocycles. The normalized spacial score (nSPS) is 14.3. The van der Waals surface area contributed by atoms with Crippen LogP contribution in [0.3, 0.4) is 0 Å². The number of esters is 1. The number of pyridine rings is 1. The fraction of sp³-hybridized carbons (Fsp3) is 0.292. The van der Waals surface area contributed by atoms with Crippen LogP contribution in [0.15, 0.2) is 54.2 Å². The molecule has 0 saturated heterocycles. The number of hydrogen-bond donors (Lipinski definition) is 1. The predicted molar refractivity (Wildman–Crippen MR) is 119 cm³/mol. The number of nitrogens with one attached hydrogen (secondary N) is 1. The van der Waals surface area contributed by atoms with Crippen molar-refractivity contribution in [2.75, 3.05) is 5.32 Å². The third-order valence-corrected chi connectivity index (χ3v) is 6.22. The largest absolute Gasteiger partial charge is 0.459 e. The highest BCUT2D eigenvalue weighted by molar-refractivity contribution is 7.15. The van der Waals surface area contributed by atoms with E-state index in [2.05, 4.69) is 10.3 Å². The average molecular weight is 421 g/mol. The number of hydrogen-bond acceptors (Lipinski definition) is 5. The zero-order valence-electron chi connectivity index (χ0n) is 16.9. The van der Waals surface area contributed by atoms with Gasteiger partial charge in [-0.05, 0) is 62.4 Å². The van der Waals surface area contributed by atoms with Gasteiger partial charge in [0.2, 0.25) is 0 Å². The molecule has 1 aliphatic rings. The summed E-state index contributed by atoms with van der Waals surface area (Å²) in [5.74, 6) is -0.622. The molecule has 2 heterocycles. The standard InChI is InChI=1S/C24H24N2O3S/c1-16-6-5-7-18(14-16)22(27)26-23-21(24(28)29-19-8-3-2-4-9-19)20(15-30-23)17-10-12-25-13-11-17/h5-7,10-15,19H,2-4,8-9H2,1H3,(H,26,27). The zero-order valence-corrected chi connectivity index (χ0v) is 17.7. The van der Waals surface area contributed by atoms with Crippen LogP contribution in [0.25, 0.3) is 11.1 Å². The number of rotatable bonds is 5. The van der Waals surface area contributed by atoms with E-state index in [-0.39, 0.29) is 18.0 Å². The van der Waals surface area contributed by atoms with Crippen LogP contribution in [-0.4, -0.2) is 23.0 Å². The van der Waals surface area contributed by atoms with Gasteiger partial charge in [-0.15, -0.1) is 11.3 Å². The molecule has 6 heteroatoms. The number of amides is 1. The van der Waals surface area contributed by atoms with E-state index in [1.165, 1.54) is 17.8 Å². The fourth-order valence-corrected chi connectivity index (χ4v) is 4.70. The molecule has 5 nitrogen and oxygen atoms in total. The average Bonchev–Trinajstić information content (AvgIpc) is 3.18. The van der Waals surface area contributed by atoms with Crippen LogP contribution in [0.2, 0.25) is 0 Å². The van der Waals surface area contributed by atoms with E-state index in [1.54, 1.807) is 18.5 Å². The van der Waals surface area contributed by atoms with Crippen molar-refractivity contribution < 1.29 is 14.3 Å². The smallest absolute Gasteiger partial charge is 0.342 e. The highest BCUT2D eigenvalue weighted by atomic mass is 32.1. The van der Waals surface area contributed by atoms with Crippen LogP contribution in [0.4, 0.5) is 5.00 Å². The van der Waals surface area contributed by atoms with Crippen molar-refractivity contribution in [2.45, 2.75) is 45.1 Å². The van der Waals surface area contributed by atoms with Crippen LogP contribution in [0.5, 0.6) is 0 Å². The van der Waals surface area contributed by atoms with Gasteiger partial charge in [-0.3, -0.25) is 9.78 Å². The van der Waals surface area contributed by atoms with Crippen molar-refractivity contribution >= 4 is 28.2 Å². The molecule has 0 unspecified atom stereocenters. The number of aryl methyl sites for hydroxylation is 1. The van der Waals surface area contributed by atoms with Gasteiger partial charge in [0, 0.05) is 28.9 Å². The first-order valence-electron chi connectivity index (χ1n) is 10.2. The lowest BCUT2D eigenvalue weighted by Gasteiger charge is -2.22. The maximum Gasteiger partial charge on any atom is 0.342 e. The molecule has 1 fully saturated rings. The van der Waals surface area contributed by atoms with E-state index in [0.717, 1.165) is 42.4 Å². The van der Waals surface area contributed by atoms with Gasteiger partial charge >= 0.3 is 5.97 Å². The Kier molecular flexibility index (Phi) is 6.23. The Hall–Kier alpha value is -2.99. The molecular formula is C24H24N2O3S. The quantitative estimate of drug-likeness (QED) is 0.525. The summed E-state index contributed by atoms with van der Waals surface area (Å²) in [4.78, 5) is 30.0. The van der Waals surface area contributed by atoms with Gasteiger partial charge in [0.1, 0.15) is 16.7 Å². The summed E-state index contributed by atoms with van der Waals surface area (Å²) in [6.45, 7) is 1.94. The van der Waals surface area contributed by atoms with Crippen LogP contribution in [0.1, 0.15) is 58.4 Å². The second-order valence-corrected chi connectivity index (χ2v) is 8.46. The first-order valence-corrected chi connectivity index (χ1v) is 11.1. The molecule has 0 bridgehead atoms. The Morgan fingerprint density at radius 1 is 1.10 bits per heavy atom. The molecule has 0 aliphatic heterocycles. The second kappa shape index (κ2) is 9.22. The van der Waals surface area contributed by atoms with Crippen LogP contribution in [0, 0.1) is 6.92 Å². The first-order chi connectivity index (χ1) is 14.6. The molecule has 0 atom stereocenters. The number of benzene rings is 1. The van der Waals surface area contributed by atoms with Gasteiger partial charge in [-0.25, -0.2) is 4.79 Å². The number of ether oxygens (including phenoxy) is 1. The van der Waals surface area contributed by atoms with Crippen molar-refractivity contribution in [1.82, 2.24) is 4.98 Å². The summed E-state index contributed by atoms with van der Waals surface area (Å²) < 4.78 is 5.85. The van der Waals surface area contributed by atoms with Gasteiger partial charge in [-0.2, -0.15) is 0 Å². The summed E-state index contributed by atoms with van der Waals surface area (Å²) in [7, 11) is 0. The molecule has 3 aromatic rings. The Morgan fingerprint density at radius 3 is 2.60 bits per heavy atom. The molecule has 0 radical (unpaired) electrons. The number of nitrogens with zero attached hydrogens (tertiary/aromatic N) is 1. The molecule has 1 amide bonds. The monoisotopic (exact) mass is 420 g/mol. The van der Waals surface area contributed by atoms with E-state index in [0.29, 0.717) is 16.1 Å². The van der Waals surface area contributed by atoms with E-state index in [4.69, 9.17) is 4.74 Å². The summed E-state index contributed by atoms with van der Waals surface area (Å²) in [6.07, 6.45) is 8.45. The Morgan fingerprint density at radius 2 is 1.87 bits per heavy atom. The highest BCUT2D eigenvalue weighted by Gasteiger charge is 2.26. The van der Waals surface area contributed by atoms with E-state index in [1.807, 2.05) is 42.6 Å². The number of thiophene rings is 1. The topological polar surface area (TPSA) is 68.3 Å².